The van der Waals surface area contributed by atoms with Crippen molar-refractivity contribution in [2.45, 2.75) is 62.9 Å². The highest BCUT2D eigenvalue weighted by molar-refractivity contribution is 6.00. The first-order chi connectivity index (χ1) is 17.5. The SMILES string of the molecule is CC(=O)c1c([C@@H]2C[C@H]3CC[C@@H](C2)N3C(=O)CO)nc2c(-c3ccc(C(O)C(F)(F)F)nc3)cnn2c1N. The van der Waals surface area contributed by atoms with Crippen LogP contribution >= 0.6 is 0 Å². The molecule has 13 heteroatoms. The van der Waals surface area contributed by atoms with E-state index < -0.39 is 24.6 Å². The molecule has 3 aromatic rings. The van der Waals surface area contributed by atoms with Crippen LogP contribution in [0.25, 0.3) is 16.8 Å². The quantitative estimate of drug-likeness (QED) is 0.437. The lowest BCUT2D eigenvalue weighted by Gasteiger charge is -2.39. The van der Waals surface area contributed by atoms with Crippen molar-refractivity contribution >= 4 is 23.2 Å². The zero-order valence-corrected chi connectivity index (χ0v) is 19.8. The van der Waals surface area contributed by atoms with Crippen molar-refractivity contribution in [2.75, 3.05) is 12.3 Å². The normalized spacial score (nSPS) is 22.4. The number of halogens is 3. The molecule has 5 heterocycles. The van der Waals surface area contributed by atoms with E-state index in [0.29, 0.717) is 35.3 Å². The fourth-order valence-corrected chi connectivity index (χ4v) is 5.68. The molecule has 4 atom stereocenters. The molecule has 5 rings (SSSR count). The van der Waals surface area contributed by atoms with Crippen LogP contribution in [0.2, 0.25) is 0 Å². The van der Waals surface area contributed by atoms with E-state index >= 15 is 0 Å². The molecule has 4 N–H and O–H groups in total. The minimum Gasteiger partial charge on any atom is -0.387 e. The van der Waals surface area contributed by atoms with Gasteiger partial charge in [-0.25, -0.2) is 4.98 Å². The van der Waals surface area contributed by atoms with Crippen molar-refractivity contribution in [3.8, 4) is 11.1 Å². The summed E-state index contributed by atoms with van der Waals surface area (Å²) in [4.78, 5) is 35.2. The lowest BCUT2D eigenvalue weighted by atomic mass is 9.85. The Balaban J connectivity index is 1.56. The number of hydrogen-bond donors (Lipinski definition) is 3. The van der Waals surface area contributed by atoms with E-state index in [1.165, 1.54) is 29.9 Å². The molecule has 0 spiro atoms. The van der Waals surface area contributed by atoms with Gasteiger partial charge in [-0.3, -0.25) is 14.6 Å². The minimum atomic E-state index is -4.84. The second kappa shape index (κ2) is 9.06. The number of hydrogen-bond acceptors (Lipinski definition) is 8. The number of piperidine rings is 1. The number of nitrogen functional groups attached to an aromatic ring is 1. The molecule has 1 unspecified atom stereocenters. The predicted octanol–water partition coefficient (Wildman–Crippen LogP) is 2.40. The zero-order valence-electron chi connectivity index (χ0n) is 19.8. The van der Waals surface area contributed by atoms with Gasteiger partial charge in [0.25, 0.3) is 0 Å². The van der Waals surface area contributed by atoms with Gasteiger partial charge in [0.05, 0.1) is 23.1 Å². The number of nitrogens with zero attached hydrogens (tertiary/aromatic N) is 5. The number of alkyl halides is 3. The highest BCUT2D eigenvalue weighted by Gasteiger charge is 2.45. The highest BCUT2D eigenvalue weighted by atomic mass is 19.4. The third-order valence-corrected chi connectivity index (χ3v) is 7.29. The number of carbonyl (C=O) groups is 2. The van der Waals surface area contributed by atoms with Crippen LogP contribution in [-0.4, -0.2) is 71.3 Å². The fourth-order valence-electron chi connectivity index (χ4n) is 5.68. The van der Waals surface area contributed by atoms with E-state index in [9.17, 15) is 33.0 Å². The standard InChI is InChI=1S/C24H25F3N6O4/c1-11(35)19-20(13-6-14-3-4-15(7-13)32(14)18(36)10-34)31-23-16(9-30-33(23)22(19)28)12-2-5-17(29-8-12)21(37)24(25,26)27/h2,5,8-9,13-15,21,34,37H,3-4,6-7,10,28H2,1H3/t13-,14-,15+,21?. The third-order valence-electron chi connectivity index (χ3n) is 7.29. The van der Waals surface area contributed by atoms with Crippen LogP contribution in [0.1, 0.15) is 66.4 Å². The summed E-state index contributed by atoms with van der Waals surface area (Å²) >= 11 is 0. The number of aliphatic hydroxyl groups is 2. The topological polar surface area (TPSA) is 147 Å². The first kappa shape index (κ1) is 25.1. The molecule has 1 amide bonds. The van der Waals surface area contributed by atoms with Gasteiger partial charge in [0, 0.05) is 35.3 Å². The molecule has 2 aliphatic heterocycles. The number of ketones is 1. The third kappa shape index (κ3) is 4.21. The summed E-state index contributed by atoms with van der Waals surface area (Å²) in [6.45, 7) is 0.834. The van der Waals surface area contributed by atoms with Crippen molar-refractivity contribution in [1.82, 2.24) is 24.5 Å². The molecule has 196 valence electrons. The van der Waals surface area contributed by atoms with E-state index in [-0.39, 0.29) is 41.1 Å². The molecule has 2 saturated heterocycles. The van der Waals surface area contributed by atoms with Crippen LogP contribution in [0.15, 0.2) is 24.5 Å². The van der Waals surface area contributed by atoms with Crippen LogP contribution in [0.5, 0.6) is 0 Å². The predicted molar refractivity (Wildman–Crippen MR) is 124 cm³/mol. The van der Waals surface area contributed by atoms with Gasteiger partial charge < -0.3 is 20.8 Å². The number of nitrogens with two attached hydrogens (primary N) is 1. The smallest absolute Gasteiger partial charge is 0.387 e. The average Bonchev–Trinajstić information content (AvgIpc) is 3.40. The summed E-state index contributed by atoms with van der Waals surface area (Å²) in [5, 5.41) is 23.1. The first-order valence-electron chi connectivity index (χ1n) is 11.8. The Hall–Kier alpha value is -3.58. The maximum absolute atomic E-state index is 12.8. The Morgan fingerprint density at radius 3 is 2.41 bits per heavy atom. The lowest BCUT2D eigenvalue weighted by molar-refractivity contribution is -0.207. The number of amides is 1. The molecule has 37 heavy (non-hydrogen) atoms. The van der Waals surface area contributed by atoms with Gasteiger partial charge in [-0.15, -0.1) is 0 Å². The van der Waals surface area contributed by atoms with E-state index in [1.807, 2.05) is 0 Å². The number of rotatable bonds is 5. The molecule has 10 nitrogen and oxygen atoms in total. The van der Waals surface area contributed by atoms with Crippen molar-refractivity contribution in [3.63, 3.8) is 0 Å². The number of anilines is 1. The summed E-state index contributed by atoms with van der Waals surface area (Å²) in [6.07, 6.45) is -2.22. The zero-order chi connectivity index (χ0) is 26.6. The molecule has 0 aromatic carbocycles. The molecular weight excluding hydrogens is 493 g/mol. The second-order valence-electron chi connectivity index (χ2n) is 9.54. The number of carbonyl (C=O) groups excluding carboxylic acids is 2. The molecule has 0 radical (unpaired) electrons. The van der Waals surface area contributed by atoms with E-state index in [4.69, 9.17) is 10.7 Å². The van der Waals surface area contributed by atoms with E-state index in [2.05, 4.69) is 10.1 Å². The molecule has 0 saturated carbocycles. The van der Waals surface area contributed by atoms with Gasteiger partial charge in [0.1, 0.15) is 12.4 Å². The molecular formula is C24H25F3N6O4. The Morgan fingerprint density at radius 2 is 1.86 bits per heavy atom. The van der Waals surface area contributed by atoms with Gasteiger partial charge in [-0.2, -0.15) is 22.8 Å². The highest BCUT2D eigenvalue weighted by Crippen LogP contribution is 2.44. The Labute approximate surface area is 208 Å². The van der Waals surface area contributed by atoms with Gasteiger partial charge in [-0.05, 0) is 38.7 Å². The van der Waals surface area contributed by atoms with Gasteiger partial charge in [-0.1, -0.05) is 6.07 Å². The van der Waals surface area contributed by atoms with Crippen molar-refractivity contribution < 1.29 is 33.0 Å². The summed E-state index contributed by atoms with van der Waals surface area (Å²) in [5.41, 5.74) is 7.74. The number of Topliss-reactive ketones (excluding diaryl/α,β-unsaturated/α-hetero) is 1. The maximum Gasteiger partial charge on any atom is 0.420 e. The largest absolute Gasteiger partial charge is 0.420 e. The monoisotopic (exact) mass is 518 g/mol. The number of aliphatic hydroxyl groups excluding tert-OH is 2. The minimum absolute atomic E-state index is 0.0800. The fraction of sp³-hybridized carbons (Fsp3) is 0.458. The van der Waals surface area contributed by atoms with Crippen LogP contribution < -0.4 is 5.73 Å². The van der Waals surface area contributed by atoms with Gasteiger partial charge in [0.15, 0.2) is 17.5 Å². The number of fused-ring (bicyclic) bond motifs is 3. The summed E-state index contributed by atoms with van der Waals surface area (Å²) < 4.78 is 39.8. The number of pyridine rings is 1. The van der Waals surface area contributed by atoms with E-state index in [0.717, 1.165) is 18.9 Å². The van der Waals surface area contributed by atoms with E-state index in [1.54, 1.807) is 4.90 Å². The van der Waals surface area contributed by atoms with Crippen molar-refractivity contribution in [2.24, 2.45) is 0 Å². The summed E-state index contributed by atoms with van der Waals surface area (Å²) in [5.74, 6) is -0.675. The summed E-state index contributed by atoms with van der Waals surface area (Å²) in [7, 11) is 0. The van der Waals surface area contributed by atoms with Crippen LogP contribution in [0, 0.1) is 0 Å². The van der Waals surface area contributed by atoms with Crippen LogP contribution in [0.3, 0.4) is 0 Å². The Morgan fingerprint density at radius 1 is 1.19 bits per heavy atom. The first-order valence-corrected chi connectivity index (χ1v) is 11.8. The molecule has 2 bridgehead atoms. The average molecular weight is 518 g/mol. The van der Waals surface area contributed by atoms with Gasteiger partial charge >= 0.3 is 6.18 Å². The number of aromatic nitrogens is 4. The molecule has 0 aliphatic carbocycles. The molecule has 3 aromatic heterocycles. The second-order valence-corrected chi connectivity index (χ2v) is 9.54. The van der Waals surface area contributed by atoms with Crippen LogP contribution in [0.4, 0.5) is 19.0 Å². The van der Waals surface area contributed by atoms with Crippen molar-refractivity contribution in [3.05, 3.63) is 41.5 Å². The Bertz CT molecular complexity index is 1360. The van der Waals surface area contributed by atoms with Crippen molar-refractivity contribution in [1.29, 1.82) is 0 Å². The Kier molecular flexibility index (Phi) is 6.15. The lowest BCUT2D eigenvalue weighted by Crippen LogP contribution is -2.47. The maximum atomic E-state index is 12.8. The van der Waals surface area contributed by atoms with Gasteiger partial charge in [0.2, 0.25) is 5.91 Å². The van der Waals surface area contributed by atoms with Crippen LogP contribution in [-0.2, 0) is 4.79 Å². The summed E-state index contributed by atoms with van der Waals surface area (Å²) in [6, 6.07) is 2.30. The molecule has 2 fully saturated rings. The molecule has 2 aliphatic rings.